The second-order valence-electron chi connectivity index (χ2n) is 4.21. The normalized spacial score (nSPS) is 10.6. The quantitative estimate of drug-likeness (QED) is 0.760. The van der Waals surface area contributed by atoms with Crippen LogP contribution in [0.25, 0.3) is 10.9 Å². The summed E-state index contributed by atoms with van der Waals surface area (Å²) in [5, 5.41) is 7.82. The van der Waals surface area contributed by atoms with Crippen molar-refractivity contribution in [3.8, 4) is 0 Å². The lowest BCUT2D eigenvalue weighted by molar-refractivity contribution is 0.102. The summed E-state index contributed by atoms with van der Waals surface area (Å²) >= 11 is 0. The van der Waals surface area contributed by atoms with E-state index in [9.17, 15) is 4.79 Å². The molecule has 1 aromatic carbocycles. The van der Waals surface area contributed by atoms with E-state index in [2.05, 4.69) is 15.4 Å². The van der Waals surface area contributed by atoms with Gasteiger partial charge in [0, 0.05) is 30.9 Å². The number of amides is 1. The minimum absolute atomic E-state index is 0.206. The number of aryl methyl sites for hydroxylation is 1. The minimum atomic E-state index is -0.206. The number of hydrogen-bond acceptors (Lipinski definition) is 3. The average Bonchev–Trinajstić information content (AvgIpc) is 2.83. The van der Waals surface area contributed by atoms with Crippen LogP contribution in [0, 0.1) is 0 Å². The van der Waals surface area contributed by atoms with Crippen LogP contribution in [-0.2, 0) is 7.05 Å². The third-order valence-corrected chi connectivity index (χ3v) is 2.83. The number of nitrogens with zero attached hydrogens (tertiary/aromatic N) is 3. The van der Waals surface area contributed by atoms with Crippen LogP contribution < -0.4 is 5.32 Å². The summed E-state index contributed by atoms with van der Waals surface area (Å²) in [6.07, 6.45) is 3.46. The van der Waals surface area contributed by atoms with Gasteiger partial charge in [0.2, 0.25) is 0 Å². The van der Waals surface area contributed by atoms with Crippen LogP contribution in [0.2, 0.25) is 0 Å². The maximum Gasteiger partial charge on any atom is 0.259 e. The zero-order valence-electron chi connectivity index (χ0n) is 10.4. The molecule has 0 bridgehead atoms. The lowest BCUT2D eigenvalue weighted by Gasteiger charge is -2.05. The van der Waals surface area contributed by atoms with Crippen molar-refractivity contribution < 1.29 is 4.79 Å². The van der Waals surface area contributed by atoms with Crippen molar-refractivity contribution in [2.45, 2.75) is 0 Å². The fourth-order valence-electron chi connectivity index (χ4n) is 1.95. The number of rotatable bonds is 2. The predicted molar refractivity (Wildman–Crippen MR) is 72.9 cm³/mol. The number of carbonyl (C=O) groups is 1. The van der Waals surface area contributed by atoms with Crippen molar-refractivity contribution in [1.29, 1.82) is 0 Å². The SMILES string of the molecule is Cn1ccc(NC(=O)c2cccc3cccnc23)n1. The number of benzene rings is 1. The molecule has 1 N–H and O–H groups in total. The van der Waals surface area contributed by atoms with Crippen LogP contribution in [0.3, 0.4) is 0 Å². The van der Waals surface area contributed by atoms with E-state index in [4.69, 9.17) is 0 Å². The molecule has 0 spiro atoms. The molecule has 19 heavy (non-hydrogen) atoms. The Morgan fingerprint density at radius 1 is 1.21 bits per heavy atom. The summed E-state index contributed by atoms with van der Waals surface area (Å²) in [5.41, 5.74) is 1.24. The van der Waals surface area contributed by atoms with Gasteiger partial charge in [-0.2, -0.15) is 5.10 Å². The third-order valence-electron chi connectivity index (χ3n) is 2.83. The standard InChI is InChI=1S/C14H12N4O/c1-18-9-7-12(17-18)16-14(19)11-6-2-4-10-5-3-8-15-13(10)11/h2-9H,1H3,(H,16,17,19). The first-order valence-electron chi connectivity index (χ1n) is 5.89. The van der Waals surface area contributed by atoms with Crippen LogP contribution in [-0.4, -0.2) is 20.7 Å². The Morgan fingerprint density at radius 2 is 2.05 bits per heavy atom. The molecule has 0 aliphatic rings. The van der Waals surface area contributed by atoms with E-state index in [1.165, 1.54) is 0 Å². The number of nitrogens with one attached hydrogen (secondary N) is 1. The Kier molecular flexibility index (Phi) is 2.72. The molecule has 0 radical (unpaired) electrons. The van der Waals surface area contributed by atoms with Crippen LogP contribution in [0.4, 0.5) is 5.82 Å². The van der Waals surface area contributed by atoms with Gasteiger partial charge >= 0.3 is 0 Å². The van der Waals surface area contributed by atoms with Gasteiger partial charge in [0.15, 0.2) is 5.82 Å². The molecule has 3 rings (SSSR count). The van der Waals surface area contributed by atoms with Gasteiger partial charge in [-0.3, -0.25) is 14.5 Å². The smallest absolute Gasteiger partial charge is 0.259 e. The predicted octanol–water partition coefficient (Wildman–Crippen LogP) is 2.22. The van der Waals surface area contributed by atoms with Crippen molar-refractivity contribution in [3.63, 3.8) is 0 Å². The summed E-state index contributed by atoms with van der Waals surface area (Å²) in [5.74, 6) is 0.323. The Balaban J connectivity index is 1.97. The van der Waals surface area contributed by atoms with E-state index >= 15 is 0 Å². The molecule has 0 unspecified atom stereocenters. The maximum absolute atomic E-state index is 12.2. The van der Waals surface area contributed by atoms with E-state index < -0.39 is 0 Å². The first-order chi connectivity index (χ1) is 9.24. The van der Waals surface area contributed by atoms with Gasteiger partial charge in [-0.05, 0) is 12.1 Å². The maximum atomic E-state index is 12.2. The largest absolute Gasteiger partial charge is 0.305 e. The fourth-order valence-corrected chi connectivity index (χ4v) is 1.95. The van der Waals surface area contributed by atoms with Crippen molar-refractivity contribution >= 4 is 22.6 Å². The van der Waals surface area contributed by atoms with Gasteiger partial charge < -0.3 is 5.32 Å². The number of anilines is 1. The molecule has 0 fully saturated rings. The highest BCUT2D eigenvalue weighted by molar-refractivity contribution is 6.11. The zero-order valence-corrected chi connectivity index (χ0v) is 10.4. The Hall–Kier alpha value is -2.69. The second-order valence-corrected chi connectivity index (χ2v) is 4.21. The fraction of sp³-hybridized carbons (Fsp3) is 0.0714. The molecule has 94 valence electrons. The molecule has 0 aliphatic carbocycles. The van der Waals surface area contributed by atoms with E-state index in [1.54, 1.807) is 36.3 Å². The highest BCUT2D eigenvalue weighted by Gasteiger charge is 2.11. The number of hydrogen-bond donors (Lipinski definition) is 1. The highest BCUT2D eigenvalue weighted by atomic mass is 16.1. The monoisotopic (exact) mass is 252 g/mol. The number of aromatic nitrogens is 3. The third kappa shape index (κ3) is 2.18. The first-order valence-corrected chi connectivity index (χ1v) is 5.89. The van der Waals surface area contributed by atoms with Gasteiger partial charge in [-0.15, -0.1) is 0 Å². The lowest BCUT2D eigenvalue weighted by atomic mass is 10.1. The summed E-state index contributed by atoms with van der Waals surface area (Å²) in [7, 11) is 1.80. The zero-order chi connectivity index (χ0) is 13.2. The van der Waals surface area contributed by atoms with E-state index in [0.717, 1.165) is 5.39 Å². The van der Waals surface area contributed by atoms with Crippen molar-refractivity contribution in [3.05, 3.63) is 54.4 Å². The summed E-state index contributed by atoms with van der Waals surface area (Å²) in [4.78, 5) is 16.5. The number of para-hydroxylation sites is 1. The molecule has 0 saturated heterocycles. The summed E-state index contributed by atoms with van der Waals surface area (Å²) < 4.78 is 1.64. The molecular formula is C14H12N4O. The van der Waals surface area contributed by atoms with Crippen molar-refractivity contribution in [2.75, 3.05) is 5.32 Å². The minimum Gasteiger partial charge on any atom is -0.305 e. The van der Waals surface area contributed by atoms with Crippen LogP contribution in [0.15, 0.2) is 48.8 Å². The van der Waals surface area contributed by atoms with Crippen LogP contribution in [0.5, 0.6) is 0 Å². The second kappa shape index (κ2) is 4.53. The number of carbonyl (C=O) groups excluding carboxylic acids is 1. The van der Waals surface area contributed by atoms with Gasteiger partial charge in [-0.1, -0.05) is 18.2 Å². The van der Waals surface area contributed by atoms with Crippen LogP contribution >= 0.6 is 0 Å². The molecule has 2 heterocycles. The van der Waals surface area contributed by atoms with Gasteiger partial charge in [-0.25, -0.2) is 0 Å². The molecule has 3 aromatic rings. The van der Waals surface area contributed by atoms with Crippen molar-refractivity contribution in [2.24, 2.45) is 7.05 Å². The molecule has 0 atom stereocenters. The Morgan fingerprint density at radius 3 is 2.84 bits per heavy atom. The van der Waals surface area contributed by atoms with E-state index in [1.807, 2.05) is 24.3 Å². The van der Waals surface area contributed by atoms with Gasteiger partial charge in [0.1, 0.15) is 0 Å². The first kappa shape index (κ1) is 11.4. The summed E-state index contributed by atoms with van der Waals surface area (Å²) in [6, 6.07) is 11.1. The molecule has 1 amide bonds. The average molecular weight is 252 g/mol. The molecule has 2 aromatic heterocycles. The van der Waals surface area contributed by atoms with Crippen LogP contribution in [0.1, 0.15) is 10.4 Å². The van der Waals surface area contributed by atoms with Gasteiger partial charge in [0.05, 0.1) is 11.1 Å². The Bertz CT molecular complexity index is 743. The number of fused-ring (bicyclic) bond motifs is 1. The lowest BCUT2D eigenvalue weighted by Crippen LogP contribution is -2.13. The number of pyridine rings is 1. The van der Waals surface area contributed by atoms with E-state index in [-0.39, 0.29) is 5.91 Å². The highest BCUT2D eigenvalue weighted by Crippen LogP contribution is 2.17. The Labute approximate surface area is 109 Å². The van der Waals surface area contributed by atoms with Crippen molar-refractivity contribution in [1.82, 2.24) is 14.8 Å². The topological polar surface area (TPSA) is 59.8 Å². The van der Waals surface area contributed by atoms with E-state index in [0.29, 0.717) is 16.9 Å². The van der Waals surface area contributed by atoms with Gasteiger partial charge in [0.25, 0.3) is 5.91 Å². The molecule has 5 heteroatoms. The molecule has 0 saturated carbocycles. The molecular weight excluding hydrogens is 240 g/mol. The molecule has 0 aliphatic heterocycles. The summed E-state index contributed by atoms with van der Waals surface area (Å²) in [6.45, 7) is 0. The molecule has 5 nitrogen and oxygen atoms in total.